The second kappa shape index (κ2) is 10.5. The van der Waals surface area contributed by atoms with Crippen molar-refractivity contribution >= 4 is 30.7 Å². The van der Waals surface area contributed by atoms with Gasteiger partial charge in [-0.25, -0.2) is 0 Å². The number of benzene rings is 1. The monoisotopic (exact) mass is 358 g/mol. The number of hydrogen-bond acceptors (Lipinski definition) is 4. The van der Waals surface area contributed by atoms with Gasteiger partial charge in [0.25, 0.3) is 0 Å². The summed E-state index contributed by atoms with van der Waals surface area (Å²) in [4.78, 5) is 14.4. The van der Waals surface area contributed by atoms with E-state index >= 15 is 0 Å². The fraction of sp³-hybridized carbons (Fsp3) is 0.500. The Kier molecular flexibility index (Phi) is 9.85. The Balaban J connectivity index is 0.00000242. The van der Waals surface area contributed by atoms with E-state index in [1.165, 1.54) is 0 Å². The zero-order chi connectivity index (χ0) is 15.2. The largest absolute Gasteiger partial charge is 0.352 e. The summed E-state index contributed by atoms with van der Waals surface area (Å²) >= 11 is 0. The van der Waals surface area contributed by atoms with E-state index in [0.29, 0.717) is 12.0 Å². The minimum atomic E-state index is -0.544. The number of carbonyl (C=O) groups is 1. The van der Waals surface area contributed by atoms with Crippen molar-refractivity contribution in [3.8, 4) is 6.07 Å². The lowest BCUT2D eigenvalue weighted by Gasteiger charge is -2.30. The number of halogens is 2. The molecule has 2 rings (SSSR count). The number of nitrogens with one attached hydrogen (secondary N) is 1. The molecule has 128 valence electrons. The summed E-state index contributed by atoms with van der Waals surface area (Å²) in [5, 5.41) is 11.8. The highest BCUT2D eigenvalue weighted by Gasteiger charge is 2.21. The number of nitrogens with zero attached hydrogens (tertiary/aromatic N) is 2. The normalized spacial score (nSPS) is 16.4. The zero-order valence-electron chi connectivity index (χ0n) is 13.2. The Hall–Kier alpha value is -1.32. The molecule has 1 saturated heterocycles. The van der Waals surface area contributed by atoms with Crippen LogP contribution >= 0.6 is 24.8 Å². The third-order valence-electron chi connectivity index (χ3n) is 3.94. The summed E-state index contributed by atoms with van der Waals surface area (Å²) in [6, 6.07) is 8.96. The minimum absolute atomic E-state index is 0. The third kappa shape index (κ3) is 6.76. The van der Waals surface area contributed by atoms with Gasteiger partial charge in [-0.05, 0) is 57.1 Å². The first-order valence-electron chi connectivity index (χ1n) is 7.32. The van der Waals surface area contributed by atoms with Crippen LogP contribution < -0.4 is 11.1 Å². The second-order valence-electron chi connectivity index (χ2n) is 5.71. The maximum Gasteiger partial charge on any atom is 0.237 e. The third-order valence-corrected chi connectivity index (χ3v) is 3.94. The molecule has 23 heavy (non-hydrogen) atoms. The average Bonchev–Trinajstić information content (AvgIpc) is 2.50. The molecule has 1 amide bonds. The number of likely N-dealkylation sites (tertiary alicyclic amines) is 1. The lowest BCUT2D eigenvalue weighted by atomic mass is 10.0. The number of carbonyl (C=O) groups excluding carboxylic acids is 1. The van der Waals surface area contributed by atoms with E-state index in [4.69, 9.17) is 11.0 Å². The molecule has 0 saturated carbocycles. The fourth-order valence-electron chi connectivity index (χ4n) is 2.52. The highest BCUT2D eigenvalue weighted by Crippen LogP contribution is 2.09. The van der Waals surface area contributed by atoms with E-state index in [-0.39, 0.29) is 36.8 Å². The zero-order valence-corrected chi connectivity index (χ0v) is 14.8. The van der Waals surface area contributed by atoms with Gasteiger partial charge < -0.3 is 16.0 Å². The van der Waals surface area contributed by atoms with E-state index in [1.807, 2.05) is 12.1 Å². The summed E-state index contributed by atoms with van der Waals surface area (Å²) in [6.07, 6.45) is 2.45. The van der Waals surface area contributed by atoms with Crippen LogP contribution in [0.5, 0.6) is 0 Å². The predicted molar refractivity (Wildman–Crippen MR) is 96.0 cm³/mol. The summed E-state index contributed by atoms with van der Waals surface area (Å²) in [7, 11) is 2.09. The maximum atomic E-state index is 12.1. The van der Waals surface area contributed by atoms with Crippen LogP contribution in [-0.2, 0) is 11.2 Å². The predicted octanol–water partition coefficient (Wildman–Crippen LogP) is 1.48. The van der Waals surface area contributed by atoms with Crippen molar-refractivity contribution in [2.75, 3.05) is 20.1 Å². The Morgan fingerprint density at radius 1 is 1.35 bits per heavy atom. The second-order valence-corrected chi connectivity index (χ2v) is 5.71. The van der Waals surface area contributed by atoms with E-state index in [1.54, 1.807) is 12.1 Å². The highest BCUT2D eigenvalue weighted by atomic mass is 35.5. The van der Waals surface area contributed by atoms with Gasteiger partial charge in [0.15, 0.2) is 0 Å². The molecule has 0 spiro atoms. The number of nitriles is 1. The lowest BCUT2D eigenvalue weighted by molar-refractivity contribution is -0.123. The van der Waals surface area contributed by atoms with Crippen molar-refractivity contribution in [1.29, 1.82) is 5.26 Å². The summed E-state index contributed by atoms with van der Waals surface area (Å²) in [6.45, 7) is 2.02. The van der Waals surface area contributed by atoms with Crippen molar-refractivity contribution in [1.82, 2.24) is 10.2 Å². The van der Waals surface area contributed by atoms with Crippen molar-refractivity contribution in [3.63, 3.8) is 0 Å². The highest BCUT2D eigenvalue weighted by molar-refractivity contribution is 5.85. The summed E-state index contributed by atoms with van der Waals surface area (Å²) < 4.78 is 0. The van der Waals surface area contributed by atoms with Gasteiger partial charge in [0.2, 0.25) is 5.91 Å². The molecule has 5 nitrogen and oxygen atoms in total. The first-order valence-corrected chi connectivity index (χ1v) is 7.32. The standard InChI is InChI=1S/C16H22N4O.2ClH/c1-20-8-6-14(7-9-20)19-16(21)15(18)10-12-2-4-13(11-17)5-3-12;;/h2-5,14-15H,6-10,18H2,1H3,(H,19,21);2*1H/t15-;;/m1../s1. The smallest absolute Gasteiger partial charge is 0.237 e. The van der Waals surface area contributed by atoms with E-state index in [0.717, 1.165) is 31.5 Å². The van der Waals surface area contributed by atoms with Crippen molar-refractivity contribution in [3.05, 3.63) is 35.4 Å². The Morgan fingerprint density at radius 3 is 2.43 bits per heavy atom. The van der Waals surface area contributed by atoms with Crippen LogP contribution in [0.2, 0.25) is 0 Å². The average molecular weight is 359 g/mol. The molecule has 0 aliphatic carbocycles. The van der Waals surface area contributed by atoms with Crippen molar-refractivity contribution in [2.45, 2.75) is 31.3 Å². The van der Waals surface area contributed by atoms with Crippen LogP contribution in [0.3, 0.4) is 0 Å². The van der Waals surface area contributed by atoms with Crippen LogP contribution in [0.25, 0.3) is 0 Å². The van der Waals surface area contributed by atoms with E-state index in [2.05, 4.69) is 23.3 Å². The van der Waals surface area contributed by atoms with Gasteiger partial charge in [-0.2, -0.15) is 5.26 Å². The van der Waals surface area contributed by atoms with E-state index < -0.39 is 6.04 Å². The SMILES string of the molecule is CN1CCC(NC(=O)[C@H](N)Cc2ccc(C#N)cc2)CC1.Cl.Cl. The summed E-state index contributed by atoms with van der Waals surface area (Å²) in [5.41, 5.74) is 7.56. The number of amides is 1. The van der Waals surface area contributed by atoms with Gasteiger partial charge in [-0.1, -0.05) is 12.1 Å². The lowest BCUT2D eigenvalue weighted by Crippen LogP contribution is -2.49. The molecule has 0 radical (unpaired) electrons. The molecule has 0 aromatic heterocycles. The Labute approximate surface area is 150 Å². The molecular weight excluding hydrogens is 335 g/mol. The molecule has 7 heteroatoms. The van der Waals surface area contributed by atoms with Gasteiger partial charge >= 0.3 is 0 Å². The molecule has 0 unspecified atom stereocenters. The molecule has 1 heterocycles. The quantitative estimate of drug-likeness (QED) is 0.853. The van der Waals surface area contributed by atoms with Gasteiger partial charge in [0.1, 0.15) is 0 Å². The first kappa shape index (κ1) is 21.7. The molecule has 1 aliphatic rings. The van der Waals surface area contributed by atoms with Gasteiger partial charge in [0, 0.05) is 6.04 Å². The molecule has 1 aliphatic heterocycles. The molecule has 1 aromatic carbocycles. The fourth-order valence-corrected chi connectivity index (χ4v) is 2.52. The van der Waals surface area contributed by atoms with Gasteiger partial charge in [0.05, 0.1) is 17.7 Å². The maximum absolute atomic E-state index is 12.1. The molecule has 1 fully saturated rings. The topological polar surface area (TPSA) is 82.2 Å². The van der Waals surface area contributed by atoms with Crippen LogP contribution in [0.1, 0.15) is 24.0 Å². The molecule has 3 N–H and O–H groups in total. The number of rotatable bonds is 4. The van der Waals surface area contributed by atoms with Crippen molar-refractivity contribution < 1.29 is 4.79 Å². The van der Waals surface area contributed by atoms with Crippen LogP contribution in [0.15, 0.2) is 24.3 Å². The van der Waals surface area contributed by atoms with Crippen LogP contribution in [0, 0.1) is 11.3 Å². The van der Waals surface area contributed by atoms with Crippen molar-refractivity contribution in [2.24, 2.45) is 5.73 Å². The number of hydrogen-bond donors (Lipinski definition) is 2. The molecule has 1 atom stereocenters. The van der Waals surface area contributed by atoms with Crippen LogP contribution in [0.4, 0.5) is 0 Å². The minimum Gasteiger partial charge on any atom is -0.352 e. The molecule has 0 bridgehead atoms. The Bertz CT molecular complexity index is 522. The summed E-state index contributed by atoms with van der Waals surface area (Å²) in [5.74, 6) is -0.0890. The van der Waals surface area contributed by atoms with Gasteiger partial charge in [-0.3, -0.25) is 4.79 Å². The Morgan fingerprint density at radius 2 is 1.91 bits per heavy atom. The van der Waals surface area contributed by atoms with E-state index in [9.17, 15) is 4.79 Å². The number of piperidine rings is 1. The molecular formula is C16H24Cl2N4O. The molecule has 1 aromatic rings. The first-order chi connectivity index (χ1) is 10.1. The van der Waals surface area contributed by atoms with Gasteiger partial charge in [-0.15, -0.1) is 24.8 Å². The van der Waals surface area contributed by atoms with Crippen LogP contribution in [-0.4, -0.2) is 43.0 Å². The number of nitrogens with two attached hydrogens (primary N) is 1.